The Morgan fingerprint density at radius 2 is 2.00 bits per heavy atom. The average Bonchev–Trinajstić information content (AvgIpc) is 2.56. The number of fused-ring (bicyclic) bond motifs is 1. The molecule has 2 nitrogen and oxygen atoms in total. The summed E-state index contributed by atoms with van der Waals surface area (Å²) in [6.07, 6.45) is 7.61. The molecule has 0 unspecified atom stereocenters. The lowest BCUT2D eigenvalue weighted by atomic mass is 10.0. The summed E-state index contributed by atoms with van der Waals surface area (Å²) in [6, 6.07) is 0. The molecule has 0 bridgehead atoms. The van der Waals surface area contributed by atoms with E-state index in [1.54, 1.807) is 11.4 Å². The van der Waals surface area contributed by atoms with E-state index in [-0.39, 0.29) is 17.0 Å². The summed E-state index contributed by atoms with van der Waals surface area (Å²) in [6.45, 7) is 6.70. The first-order chi connectivity index (χ1) is 6.36. The Bertz CT molecular complexity index is 276. The summed E-state index contributed by atoms with van der Waals surface area (Å²) in [5.41, 5.74) is 3.19. The number of hydrogen-bond acceptors (Lipinski definition) is 0. The van der Waals surface area contributed by atoms with Gasteiger partial charge in [-0.25, -0.2) is 9.13 Å². The van der Waals surface area contributed by atoms with Gasteiger partial charge in [0.2, 0.25) is 6.33 Å². The fourth-order valence-electron chi connectivity index (χ4n) is 2.34. The van der Waals surface area contributed by atoms with E-state index in [1.165, 1.54) is 25.7 Å². The van der Waals surface area contributed by atoms with Crippen LogP contribution in [-0.4, -0.2) is 4.57 Å². The molecule has 0 spiro atoms. The molecular formula is C11H19BrN2. The van der Waals surface area contributed by atoms with Gasteiger partial charge in [0, 0.05) is 12.8 Å². The fraction of sp³-hybridized carbons (Fsp3) is 0.727. The van der Waals surface area contributed by atoms with Crippen molar-refractivity contribution in [2.45, 2.75) is 52.6 Å². The molecule has 1 heterocycles. The molecule has 0 saturated carbocycles. The molecule has 0 fully saturated rings. The second-order valence-electron chi connectivity index (χ2n) is 3.79. The van der Waals surface area contributed by atoms with E-state index >= 15 is 0 Å². The molecule has 0 radical (unpaired) electrons. The largest absolute Gasteiger partial charge is 1.00 e. The van der Waals surface area contributed by atoms with E-state index in [4.69, 9.17) is 0 Å². The summed E-state index contributed by atoms with van der Waals surface area (Å²) >= 11 is 0. The lowest BCUT2D eigenvalue weighted by Crippen LogP contribution is -3.00. The highest BCUT2D eigenvalue weighted by Gasteiger charge is 2.23. The Kier molecular flexibility index (Phi) is 4.17. The maximum Gasteiger partial charge on any atom is 0.244 e. The van der Waals surface area contributed by atoms with Crippen LogP contribution in [0.4, 0.5) is 0 Å². The highest BCUT2D eigenvalue weighted by Crippen LogP contribution is 2.18. The first kappa shape index (κ1) is 11.8. The number of hydrogen-bond donors (Lipinski definition) is 0. The van der Waals surface area contributed by atoms with Crippen LogP contribution in [0.25, 0.3) is 0 Å². The Labute approximate surface area is 96.7 Å². The normalized spacial score (nSPS) is 14.7. The van der Waals surface area contributed by atoms with E-state index < -0.39 is 0 Å². The molecule has 0 saturated heterocycles. The van der Waals surface area contributed by atoms with Gasteiger partial charge in [-0.15, -0.1) is 0 Å². The molecule has 2 rings (SSSR count). The zero-order chi connectivity index (χ0) is 9.26. The molecule has 0 aliphatic heterocycles. The maximum absolute atomic E-state index is 2.41. The lowest BCUT2D eigenvalue weighted by Gasteiger charge is -2.08. The monoisotopic (exact) mass is 258 g/mol. The lowest BCUT2D eigenvalue weighted by molar-refractivity contribution is -0.700. The van der Waals surface area contributed by atoms with Crippen LogP contribution in [0.2, 0.25) is 0 Å². The van der Waals surface area contributed by atoms with Crippen molar-refractivity contribution in [3.05, 3.63) is 17.7 Å². The molecule has 0 aromatic carbocycles. The quantitative estimate of drug-likeness (QED) is 0.584. The van der Waals surface area contributed by atoms with E-state index in [0.717, 1.165) is 13.1 Å². The smallest absolute Gasteiger partial charge is 0.244 e. The van der Waals surface area contributed by atoms with Crippen LogP contribution in [-0.2, 0) is 25.9 Å². The zero-order valence-electron chi connectivity index (χ0n) is 9.09. The van der Waals surface area contributed by atoms with Gasteiger partial charge in [-0.1, -0.05) is 0 Å². The van der Waals surface area contributed by atoms with Crippen LogP contribution >= 0.6 is 0 Å². The topological polar surface area (TPSA) is 8.81 Å². The van der Waals surface area contributed by atoms with Crippen LogP contribution in [0, 0.1) is 0 Å². The third kappa shape index (κ3) is 1.88. The number of aromatic nitrogens is 2. The van der Waals surface area contributed by atoms with Gasteiger partial charge >= 0.3 is 0 Å². The third-order valence-corrected chi connectivity index (χ3v) is 3.06. The van der Waals surface area contributed by atoms with Crippen LogP contribution in [0.3, 0.4) is 0 Å². The minimum atomic E-state index is 0. The molecule has 14 heavy (non-hydrogen) atoms. The van der Waals surface area contributed by atoms with Crippen LogP contribution in [0.1, 0.15) is 38.1 Å². The van der Waals surface area contributed by atoms with Crippen molar-refractivity contribution in [3.63, 3.8) is 0 Å². The fourth-order valence-corrected chi connectivity index (χ4v) is 2.34. The second kappa shape index (κ2) is 4.96. The Hall–Kier alpha value is -0.310. The van der Waals surface area contributed by atoms with Crippen LogP contribution < -0.4 is 21.5 Å². The van der Waals surface area contributed by atoms with Crippen molar-refractivity contribution in [1.82, 2.24) is 4.57 Å². The highest BCUT2D eigenvalue weighted by molar-refractivity contribution is 5.11. The standard InChI is InChI=1S/C11H19N2.BrH/c1-3-12-9-13(4-2)11-8-6-5-7-10(11)12;/h9H,3-8H2,1-2H3;1H/q+1;/p-1. The predicted octanol–water partition coefficient (Wildman–Crippen LogP) is -1.30. The zero-order valence-corrected chi connectivity index (χ0v) is 10.7. The van der Waals surface area contributed by atoms with Gasteiger partial charge in [0.25, 0.3) is 0 Å². The van der Waals surface area contributed by atoms with Crippen molar-refractivity contribution in [3.8, 4) is 0 Å². The summed E-state index contributed by atoms with van der Waals surface area (Å²) < 4.78 is 4.83. The average molecular weight is 259 g/mol. The molecular weight excluding hydrogens is 240 g/mol. The van der Waals surface area contributed by atoms with Crippen molar-refractivity contribution in [2.24, 2.45) is 0 Å². The first-order valence-corrected chi connectivity index (χ1v) is 5.47. The number of nitrogens with zero attached hydrogens (tertiary/aromatic N) is 2. The SMILES string of the molecule is CCn1c[n+](CC)c2c1CCCC2.[Br-]. The summed E-state index contributed by atoms with van der Waals surface area (Å²) in [4.78, 5) is 0. The molecule has 3 heteroatoms. The third-order valence-electron chi connectivity index (χ3n) is 3.06. The molecule has 1 aliphatic carbocycles. The van der Waals surface area contributed by atoms with Crippen molar-refractivity contribution in [2.75, 3.05) is 0 Å². The molecule has 1 aromatic rings. The van der Waals surface area contributed by atoms with Crippen molar-refractivity contribution < 1.29 is 21.5 Å². The molecule has 1 aromatic heterocycles. The van der Waals surface area contributed by atoms with E-state index in [2.05, 4.69) is 29.3 Å². The number of aryl methyl sites for hydroxylation is 2. The molecule has 1 aliphatic rings. The maximum atomic E-state index is 2.41. The van der Waals surface area contributed by atoms with E-state index in [0.29, 0.717) is 0 Å². The van der Waals surface area contributed by atoms with Gasteiger partial charge in [0.15, 0.2) is 0 Å². The summed E-state index contributed by atoms with van der Waals surface area (Å²) in [5.74, 6) is 0. The number of imidazole rings is 1. The number of rotatable bonds is 2. The van der Waals surface area contributed by atoms with Crippen LogP contribution in [0.15, 0.2) is 6.33 Å². The predicted molar refractivity (Wildman–Crippen MR) is 52.6 cm³/mol. The van der Waals surface area contributed by atoms with E-state index in [1.807, 2.05) is 0 Å². The van der Waals surface area contributed by atoms with Gasteiger partial charge in [-0.2, -0.15) is 0 Å². The van der Waals surface area contributed by atoms with Gasteiger partial charge in [-0.3, -0.25) is 0 Å². The molecule has 80 valence electrons. The Balaban J connectivity index is 0.000000980. The minimum Gasteiger partial charge on any atom is -1.00 e. The minimum absolute atomic E-state index is 0. The Morgan fingerprint density at radius 1 is 1.29 bits per heavy atom. The van der Waals surface area contributed by atoms with Crippen molar-refractivity contribution in [1.29, 1.82) is 0 Å². The second-order valence-corrected chi connectivity index (χ2v) is 3.79. The summed E-state index contributed by atoms with van der Waals surface area (Å²) in [5, 5.41) is 0. The molecule has 0 N–H and O–H groups in total. The summed E-state index contributed by atoms with van der Waals surface area (Å²) in [7, 11) is 0. The number of halogens is 1. The van der Waals surface area contributed by atoms with Gasteiger partial charge < -0.3 is 17.0 Å². The van der Waals surface area contributed by atoms with Crippen molar-refractivity contribution >= 4 is 0 Å². The highest BCUT2D eigenvalue weighted by atomic mass is 79.9. The van der Waals surface area contributed by atoms with Gasteiger partial charge in [0.1, 0.15) is 11.4 Å². The molecule has 0 atom stereocenters. The van der Waals surface area contributed by atoms with Crippen LogP contribution in [0.5, 0.6) is 0 Å². The van der Waals surface area contributed by atoms with Gasteiger partial charge in [0.05, 0.1) is 13.1 Å². The van der Waals surface area contributed by atoms with Gasteiger partial charge in [-0.05, 0) is 26.7 Å². The first-order valence-electron chi connectivity index (χ1n) is 5.47. The molecule has 0 amide bonds. The van der Waals surface area contributed by atoms with E-state index in [9.17, 15) is 0 Å². The Morgan fingerprint density at radius 3 is 2.64 bits per heavy atom.